The van der Waals surface area contributed by atoms with Gasteiger partial charge in [0.2, 0.25) is 11.8 Å². The fourth-order valence-corrected chi connectivity index (χ4v) is 1.79. The highest BCUT2D eigenvalue weighted by molar-refractivity contribution is 7.99. The van der Waals surface area contributed by atoms with Gasteiger partial charge in [0.1, 0.15) is 6.29 Å². The summed E-state index contributed by atoms with van der Waals surface area (Å²) in [5.41, 5.74) is 0. The second kappa shape index (κ2) is 13.4. The maximum atomic E-state index is 11.7. The molecule has 1 unspecified atom stereocenters. The van der Waals surface area contributed by atoms with Crippen LogP contribution in [0.15, 0.2) is 0 Å². The fourth-order valence-electron chi connectivity index (χ4n) is 1.14. The molecule has 1 N–H and O–H groups in total. The number of carbonyl (C=O) groups excluding carboxylic acids is 3. The van der Waals surface area contributed by atoms with Gasteiger partial charge in [-0.15, -0.1) is 0 Å². The topological polar surface area (TPSA) is 66.5 Å². The van der Waals surface area contributed by atoms with Crippen LogP contribution >= 0.6 is 11.8 Å². The van der Waals surface area contributed by atoms with E-state index in [-0.39, 0.29) is 17.1 Å². The first kappa shape index (κ1) is 20.3. The molecule has 0 fully saturated rings. The molecular formula is C13H26N2O3S. The number of nitrogens with one attached hydrogen (secondary N) is 1. The smallest absolute Gasteiger partial charge is 0.235 e. The zero-order valence-electron chi connectivity index (χ0n) is 12.6. The van der Waals surface area contributed by atoms with Crippen molar-refractivity contribution in [1.82, 2.24) is 10.2 Å². The molecule has 19 heavy (non-hydrogen) atoms. The van der Waals surface area contributed by atoms with E-state index in [1.165, 1.54) is 18.7 Å². The molecule has 0 aromatic rings. The molecule has 0 bridgehead atoms. The minimum Gasteiger partial charge on any atom is -0.359 e. The number of rotatable bonds is 7. The molecule has 1 atom stereocenters. The Labute approximate surface area is 120 Å². The Morgan fingerprint density at radius 1 is 1.42 bits per heavy atom. The zero-order chi connectivity index (χ0) is 15.3. The summed E-state index contributed by atoms with van der Waals surface area (Å²) in [4.78, 5) is 33.5. The zero-order valence-corrected chi connectivity index (χ0v) is 13.4. The number of amides is 2. The first-order valence-corrected chi connectivity index (χ1v) is 7.63. The quantitative estimate of drug-likeness (QED) is 0.718. The summed E-state index contributed by atoms with van der Waals surface area (Å²) in [5, 5.41) is 2.19. The van der Waals surface area contributed by atoms with E-state index in [9.17, 15) is 14.4 Å². The predicted octanol–water partition coefficient (Wildman–Crippen LogP) is 1.32. The van der Waals surface area contributed by atoms with Crippen LogP contribution in [0.3, 0.4) is 0 Å². The lowest BCUT2D eigenvalue weighted by atomic mass is 10.2. The Hall–Kier alpha value is -1.04. The van der Waals surface area contributed by atoms with Crippen molar-refractivity contribution in [3.8, 4) is 0 Å². The molecule has 6 heteroatoms. The molecule has 0 aromatic carbocycles. The Balaban J connectivity index is 0. The van der Waals surface area contributed by atoms with Crippen LogP contribution in [-0.4, -0.2) is 55.1 Å². The van der Waals surface area contributed by atoms with Crippen LogP contribution in [0.5, 0.6) is 0 Å². The van der Waals surface area contributed by atoms with Crippen molar-refractivity contribution in [1.29, 1.82) is 0 Å². The third-order valence-electron chi connectivity index (χ3n) is 2.45. The summed E-state index contributed by atoms with van der Waals surface area (Å²) in [6.07, 6.45) is 5.09. The third-order valence-corrected chi connectivity index (χ3v) is 3.41. The van der Waals surface area contributed by atoms with Gasteiger partial charge in [0, 0.05) is 34.0 Å². The van der Waals surface area contributed by atoms with Crippen molar-refractivity contribution < 1.29 is 14.4 Å². The first-order valence-electron chi connectivity index (χ1n) is 6.34. The Morgan fingerprint density at radius 2 is 1.95 bits per heavy atom. The van der Waals surface area contributed by atoms with Gasteiger partial charge in [0.25, 0.3) is 0 Å². The van der Waals surface area contributed by atoms with Crippen LogP contribution in [0.25, 0.3) is 0 Å². The standard InChI is InChI=1S/C10H19NO2S.C3H7NO/c1-4-5-7-11(2)10(13)9(14-3)6-8-12;1-3(5)4-2/h8-9H,4-7H2,1-3H3;1-2H3,(H,4,5). The molecule has 112 valence electrons. The minimum atomic E-state index is -0.200. The average molecular weight is 290 g/mol. The highest BCUT2D eigenvalue weighted by Gasteiger charge is 2.19. The van der Waals surface area contributed by atoms with E-state index in [1.807, 2.05) is 6.26 Å². The van der Waals surface area contributed by atoms with E-state index in [0.29, 0.717) is 6.42 Å². The van der Waals surface area contributed by atoms with Crippen molar-refractivity contribution in [2.45, 2.75) is 38.4 Å². The van der Waals surface area contributed by atoms with Crippen LogP contribution in [0.1, 0.15) is 33.1 Å². The van der Waals surface area contributed by atoms with E-state index >= 15 is 0 Å². The monoisotopic (exact) mass is 290 g/mol. The van der Waals surface area contributed by atoms with Gasteiger partial charge in [-0.1, -0.05) is 13.3 Å². The van der Waals surface area contributed by atoms with Crippen molar-refractivity contribution in [2.24, 2.45) is 0 Å². The number of hydrogen-bond donors (Lipinski definition) is 1. The van der Waals surface area contributed by atoms with Gasteiger partial charge in [-0.05, 0) is 12.7 Å². The fraction of sp³-hybridized carbons (Fsp3) is 0.769. The molecule has 5 nitrogen and oxygen atoms in total. The highest BCUT2D eigenvalue weighted by Crippen LogP contribution is 2.12. The lowest BCUT2D eigenvalue weighted by Crippen LogP contribution is -2.35. The maximum absolute atomic E-state index is 11.7. The van der Waals surface area contributed by atoms with Crippen molar-refractivity contribution >= 4 is 29.9 Å². The van der Waals surface area contributed by atoms with E-state index in [2.05, 4.69) is 12.2 Å². The molecule has 0 saturated heterocycles. The van der Waals surface area contributed by atoms with Gasteiger partial charge in [0.15, 0.2) is 0 Å². The second-order valence-electron chi connectivity index (χ2n) is 4.05. The predicted molar refractivity (Wildman–Crippen MR) is 80.3 cm³/mol. The molecule has 0 aliphatic rings. The number of thioether (sulfide) groups is 1. The Morgan fingerprint density at radius 3 is 2.26 bits per heavy atom. The first-order chi connectivity index (χ1) is 8.94. The average Bonchev–Trinajstić information content (AvgIpc) is 2.41. The van der Waals surface area contributed by atoms with Gasteiger partial charge in [-0.2, -0.15) is 11.8 Å². The van der Waals surface area contributed by atoms with Gasteiger partial charge < -0.3 is 15.0 Å². The van der Waals surface area contributed by atoms with Crippen LogP contribution < -0.4 is 5.32 Å². The molecule has 2 amide bonds. The summed E-state index contributed by atoms with van der Waals surface area (Å²) < 4.78 is 0. The Bertz CT molecular complexity index is 273. The van der Waals surface area contributed by atoms with Crippen LogP contribution in [-0.2, 0) is 14.4 Å². The van der Waals surface area contributed by atoms with Gasteiger partial charge in [-0.25, -0.2) is 0 Å². The molecular weight excluding hydrogens is 264 g/mol. The van der Waals surface area contributed by atoms with Crippen molar-refractivity contribution in [3.05, 3.63) is 0 Å². The van der Waals surface area contributed by atoms with Gasteiger partial charge in [-0.3, -0.25) is 9.59 Å². The van der Waals surface area contributed by atoms with Crippen LogP contribution in [0, 0.1) is 0 Å². The molecule has 0 heterocycles. The normalized spacial score (nSPS) is 10.8. The van der Waals surface area contributed by atoms with E-state index in [4.69, 9.17) is 0 Å². The molecule has 0 aliphatic heterocycles. The van der Waals surface area contributed by atoms with Crippen molar-refractivity contribution in [3.63, 3.8) is 0 Å². The largest absolute Gasteiger partial charge is 0.359 e. The van der Waals surface area contributed by atoms with Gasteiger partial charge in [0.05, 0.1) is 5.25 Å². The molecule has 0 saturated carbocycles. The molecule has 0 rings (SSSR count). The number of aldehydes is 1. The second-order valence-corrected chi connectivity index (χ2v) is 5.09. The summed E-state index contributed by atoms with van der Waals surface area (Å²) >= 11 is 1.44. The van der Waals surface area contributed by atoms with Crippen molar-refractivity contribution in [2.75, 3.05) is 26.9 Å². The molecule has 0 aliphatic carbocycles. The lowest BCUT2D eigenvalue weighted by molar-refractivity contribution is -0.130. The van der Waals surface area contributed by atoms with E-state index in [1.54, 1.807) is 19.0 Å². The molecule has 0 aromatic heterocycles. The summed E-state index contributed by atoms with van der Waals surface area (Å²) in [7, 11) is 3.40. The number of nitrogens with zero attached hydrogens (tertiary/aromatic N) is 1. The Kier molecular flexibility index (Phi) is 14.3. The summed E-state index contributed by atoms with van der Waals surface area (Å²) in [5.74, 6) is 0.0723. The number of carbonyl (C=O) groups is 3. The SMILES string of the molecule is CCCCN(C)C(=O)C(CC=O)SC.CNC(C)=O. The highest BCUT2D eigenvalue weighted by atomic mass is 32.2. The third kappa shape index (κ3) is 11.8. The maximum Gasteiger partial charge on any atom is 0.235 e. The van der Waals surface area contributed by atoms with Gasteiger partial charge >= 0.3 is 0 Å². The number of hydrogen-bond acceptors (Lipinski definition) is 4. The van der Waals surface area contributed by atoms with E-state index in [0.717, 1.165) is 25.7 Å². The van der Waals surface area contributed by atoms with Crippen LogP contribution in [0.2, 0.25) is 0 Å². The molecule has 0 radical (unpaired) electrons. The lowest BCUT2D eigenvalue weighted by Gasteiger charge is -2.21. The molecule has 0 spiro atoms. The summed E-state index contributed by atoms with van der Waals surface area (Å²) in [6, 6.07) is 0. The number of unbranched alkanes of at least 4 members (excludes halogenated alkanes) is 1. The van der Waals surface area contributed by atoms with Crippen LogP contribution in [0.4, 0.5) is 0 Å². The van der Waals surface area contributed by atoms with E-state index < -0.39 is 0 Å². The minimum absolute atomic E-state index is 0.00463. The summed E-state index contributed by atoms with van der Waals surface area (Å²) in [6.45, 7) is 4.35.